The van der Waals surface area contributed by atoms with Crippen LogP contribution in [0.15, 0.2) is 64.0 Å². The molecule has 0 aliphatic heterocycles. The monoisotopic (exact) mass is 280 g/mol. The Bertz CT molecular complexity index is 834. The molecular weight excluding hydrogens is 268 g/mol. The maximum absolute atomic E-state index is 12.0. The van der Waals surface area contributed by atoms with E-state index in [1.54, 1.807) is 18.2 Å². The van der Waals surface area contributed by atoms with Gasteiger partial charge in [0.15, 0.2) is 17.6 Å². The minimum atomic E-state index is -0.351. The average Bonchev–Trinajstić information content (AvgIpc) is 2.54. The highest BCUT2D eigenvalue weighted by Gasteiger charge is 2.10. The van der Waals surface area contributed by atoms with Gasteiger partial charge in [0.2, 0.25) is 5.43 Å². The summed E-state index contributed by atoms with van der Waals surface area (Å²) in [5, 5.41) is 0.338. The zero-order valence-electron chi connectivity index (χ0n) is 11.1. The molecule has 3 rings (SSSR count). The fourth-order valence-electron chi connectivity index (χ4n) is 2.08. The first-order valence-corrected chi connectivity index (χ1v) is 6.46. The second-order valence-electron chi connectivity index (χ2n) is 4.55. The van der Waals surface area contributed by atoms with E-state index in [1.807, 2.05) is 30.3 Å². The van der Waals surface area contributed by atoms with Crippen LogP contribution < -0.4 is 10.2 Å². The average molecular weight is 280 g/mol. The van der Waals surface area contributed by atoms with Crippen LogP contribution >= 0.6 is 0 Å². The predicted molar refractivity (Wildman–Crippen MR) is 78.6 cm³/mol. The number of ether oxygens (including phenoxy) is 1. The van der Waals surface area contributed by atoms with Crippen LogP contribution in [-0.2, 0) is 6.61 Å². The molecule has 0 aliphatic rings. The van der Waals surface area contributed by atoms with Gasteiger partial charge in [0, 0.05) is 0 Å². The smallest absolute Gasteiger partial charge is 0.203 e. The largest absolute Gasteiger partial charge is 0.485 e. The number of benzene rings is 2. The zero-order chi connectivity index (χ0) is 14.7. The van der Waals surface area contributed by atoms with Gasteiger partial charge in [-0.15, -0.1) is 0 Å². The number of para-hydroxylation sites is 1. The molecule has 4 nitrogen and oxygen atoms in total. The molecule has 1 heterocycles. The molecule has 1 aromatic heterocycles. The molecule has 104 valence electrons. The lowest BCUT2D eigenvalue weighted by Crippen LogP contribution is -2.08. The van der Waals surface area contributed by atoms with E-state index >= 15 is 0 Å². The van der Waals surface area contributed by atoms with E-state index in [0.717, 1.165) is 11.8 Å². The molecule has 0 atom stereocenters. The second kappa shape index (κ2) is 5.63. The molecule has 0 aliphatic carbocycles. The number of hydrogen-bond acceptors (Lipinski definition) is 4. The quantitative estimate of drug-likeness (QED) is 0.689. The van der Waals surface area contributed by atoms with E-state index < -0.39 is 0 Å². The maximum Gasteiger partial charge on any atom is 0.203 e. The van der Waals surface area contributed by atoms with Crippen LogP contribution in [0.1, 0.15) is 15.9 Å². The maximum atomic E-state index is 12.0. The SMILES string of the molecule is O=Cc1coc2c(OCc3ccccc3)cccc2c1=O. The predicted octanol–water partition coefficient (Wildman–Crippen LogP) is 3.18. The molecule has 0 radical (unpaired) electrons. The van der Waals surface area contributed by atoms with Crippen molar-refractivity contribution in [3.05, 3.63) is 76.1 Å². The van der Waals surface area contributed by atoms with Crippen molar-refractivity contribution in [2.75, 3.05) is 0 Å². The molecule has 0 saturated heterocycles. The van der Waals surface area contributed by atoms with Gasteiger partial charge >= 0.3 is 0 Å². The highest BCUT2D eigenvalue weighted by molar-refractivity contribution is 5.87. The van der Waals surface area contributed by atoms with Gasteiger partial charge in [-0.25, -0.2) is 0 Å². The lowest BCUT2D eigenvalue weighted by atomic mass is 10.1. The molecule has 4 heteroatoms. The van der Waals surface area contributed by atoms with E-state index in [-0.39, 0.29) is 11.0 Å². The van der Waals surface area contributed by atoms with E-state index in [0.29, 0.717) is 29.6 Å². The Morgan fingerprint density at radius 2 is 1.86 bits per heavy atom. The summed E-state index contributed by atoms with van der Waals surface area (Å²) in [6.07, 6.45) is 1.65. The number of carbonyl (C=O) groups excluding carboxylic acids is 1. The van der Waals surface area contributed by atoms with Crippen molar-refractivity contribution in [2.24, 2.45) is 0 Å². The Morgan fingerprint density at radius 1 is 1.05 bits per heavy atom. The minimum absolute atomic E-state index is 0.00251. The molecule has 0 N–H and O–H groups in total. The van der Waals surface area contributed by atoms with Crippen molar-refractivity contribution in [1.82, 2.24) is 0 Å². The van der Waals surface area contributed by atoms with E-state index in [1.165, 1.54) is 0 Å². The van der Waals surface area contributed by atoms with Crippen LogP contribution in [0, 0.1) is 0 Å². The zero-order valence-corrected chi connectivity index (χ0v) is 11.1. The third-order valence-electron chi connectivity index (χ3n) is 3.15. The summed E-state index contributed by atoms with van der Waals surface area (Å²) >= 11 is 0. The lowest BCUT2D eigenvalue weighted by Gasteiger charge is -2.08. The standard InChI is InChI=1S/C17H12O4/c18-9-13-11-21-17-14(16(13)19)7-4-8-15(17)20-10-12-5-2-1-3-6-12/h1-9,11H,10H2. The lowest BCUT2D eigenvalue weighted by molar-refractivity contribution is 0.112. The first-order chi connectivity index (χ1) is 10.3. The van der Waals surface area contributed by atoms with Gasteiger partial charge in [0.25, 0.3) is 0 Å². The summed E-state index contributed by atoms with van der Waals surface area (Å²) < 4.78 is 11.1. The molecule has 21 heavy (non-hydrogen) atoms. The van der Waals surface area contributed by atoms with Gasteiger partial charge in [0.1, 0.15) is 12.9 Å². The molecule has 2 aromatic carbocycles. The number of hydrogen-bond donors (Lipinski definition) is 0. The highest BCUT2D eigenvalue weighted by atomic mass is 16.5. The van der Waals surface area contributed by atoms with Crippen LogP contribution in [0.2, 0.25) is 0 Å². The second-order valence-corrected chi connectivity index (χ2v) is 4.55. The summed E-state index contributed by atoms with van der Waals surface area (Å²) in [5.74, 6) is 0.478. The molecular formula is C17H12O4. The first-order valence-electron chi connectivity index (χ1n) is 6.46. The van der Waals surface area contributed by atoms with Crippen LogP contribution in [0.5, 0.6) is 5.75 Å². The van der Waals surface area contributed by atoms with E-state index in [4.69, 9.17) is 9.15 Å². The number of rotatable bonds is 4. The summed E-state index contributed by atoms with van der Waals surface area (Å²) in [7, 11) is 0. The molecule has 0 unspecified atom stereocenters. The van der Waals surface area contributed by atoms with Gasteiger partial charge in [0.05, 0.1) is 10.9 Å². The van der Waals surface area contributed by atoms with Crippen LogP contribution in [0.4, 0.5) is 0 Å². The molecule has 0 fully saturated rings. The van der Waals surface area contributed by atoms with Crippen molar-refractivity contribution in [1.29, 1.82) is 0 Å². The number of aldehydes is 1. The third kappa shape index (κ3) is 2.56. The van der Waals surface area contributed by atoms with Gasteiger partial charge < -0.3 is 9.15 Å². The molecule has 0 bridgehead atoms. The third-order valence-corrected chi connectivity index (χ3v) is 3.15. The molecule has 0 saturated carbocycles. The Hall–Kier alpha value is -2.88. The minimum Gasteiger partial charge on any atom is -0.485 e. The first kappa shape index (κ1) is 13.1. The Balaban J connectivity index is 1.98. The van der Waals surface area contributed by atoms with Crippen molar-refractivity contribution >= 4 is 17.3 Å². The summed E-state index contributed by atoms with van der Waals surface area (Å²) in [6.45, 7) is 0.374. The molecule has 3 aromatic rings. The van der Waals surface area contributed by atoms with Crippen LogP contribution in [0.3, 0.4) is 0 Å². The van der Waals surface area contributed by atoms with Crippen molar-refractivity contribution in [2.45, 2.75) is 6.61 Å². The highest BCUT2D eigenvalue weighted by Crippen LogP contribution is 2.24. The fourth-order valence-corrected chi connectivity index (χ4v) is 2.08. The number of carbonyl (C=O) groups is 1. The summed E-state index contributed by atoms with van der Waals surface area (Å²) in [6, 6.07) is 14.7. The topological polar surface area (TPSA) is 56.5 Å². The van der Waals surface area contributed by atoms with Gasteiger partial charge in [-0.3, -0.25) is 9.59 Å². The van der Waals surface area contributed by atoms with Crippen LogP contribution in [-0.4, -0.2) is 6.29 Å². The van der Waals surface area contributed by atoms with Gasteiger partial charge in [-0.1, -0.05) is 36.4 Å². The molecule has 0 amide bonds. The van der Waals surface area contributed by atoms with Gasteiger partial charge in [-0.05, 0) is 17.7 Å². The van der Waals surface area contributed by atoms with Gasteiger partial charge in [-0.2, -0.15) is 0 Å². The summed E-state index contributed by atoms with van der Waals surface area (Å²) in [4.78, 5) is 22.8. The number of fused-ring (bicyclic) bond motifs is 1. The Kier molecular flexibility index (Phi) is 3.51. The van der Waals surface area contributed by atoms with E-state index in [2.05, 4.69) is 0 Å². The van der Waals surface area contributed by atoms with Crippen molar-refractivity contribution < 1.29 is 13.9 Å². The van der Waals surface area contributed by atoms with E-state index in [9.17, 15) is 9.59 Å². The normalized spacial score (nSPS) is 10.5. The van der Waals surface area contributed by atoms with Crippen molar-refractivity contribution in [3.8, 4) is 5.75 Å². The van der Waals surface area contributed by atoms with Crippen molar-refractivity contribution in [3.63, 3.8) is 0 Å². The fraction of sp³-hybridized carbons (Fsp3) is 0.0588. The summed E-state index contributed by atoms with van der Waals surface area (Å²) in [5.41, 5.74) is 1.02. The Morgan fingerprint density at radius 3 is 2.62 bits per heavy atom. The van der Waals surface area contributed by atoms with Crippen LogP contribution in [0.25, 0.3) is 11.0 Å². The molecule has 0 spiro atoms. The Labute approximate surface area is 120 Å².